The van der Waals surface area contributed by atoms with Gasteiger partial charge in [0.05, 0.1) is 22.1 Å². The molecule has 0 bridgehead atoms. The molecule has 1 aliphatic heterocycles. The van der Waals surface area contributed by atoms with Crippen molar-refractivity contribution < 1.29 is 17.9 Å². The van der Waals surface area contributed by atoms with Crippen LogP contribution in [0.5, 0.6) is 5.75 Å². The van der Waals surface area contributed by atoms with E-state index < -0.39 is 21.3 Å². The first-order valence-electron chi connectivity index (χ1n) is 6.29. The number of nitrogens with one attached hydrogen (secondary N) is 1. The average Bonchev–Trinajstić information content (AvgIpc) is 2.65. The van der Waals surface area contributed by atoms with Crippen LogP contribution in [0, 0.1) is 0 Å². The Kier molecular flexibility index (Phi) is 4.70. The Labute approximate surface area is 133 Å². The number of rotatable bonds is 4. The number of benzene rings is 1. The van der Waals surface area contributed by atoms with Gasteiger partial charge >= 0.3 is 0 Å². The van der Waals surface area contributed by atoms with Crippen molar-refractivity contribution in [3.8, 4) is 5.75 Å². The Morgan fingerprint density at radius 1 is 1.43 bits per heavy atom. The van der Waals surface area contributed by atoms with Crippen LogP contribution in [0.25, 0.3) is 0 Å². The Bertz CT molecular complexity index is 662. The number of sulfone groups is 1. The molecule has 1 aromatic rings. The Morgan fingerprint density at radius 2 is 2.14 bits per heavy atom. The van der Waals surface area contributed by atoms with Crippen LogP contribution >= 0.6 is 23.2 Å². The van der Waals surface area contributed by atoms with Gasteiger partial charge in [0.1, 0.15) is 10.8 Å². The summed E-state index contributed by atoms with van der Waals surface area (Å²) >= 11 is 11.8. The van der Waals surface area contributed by atoms with E-state index in [1.807, 2.05) is 0 Å². The molecule has 21 heavy (non-hydrogen) atoms. The predicted octanol–water partition coefficient (Wildman–Crippen LogP) is 2.07. The fourth-order valence-corrected chi connectivity index (χ4v) is 4.66. The predicted molar refractivity (Wildman–Crippen MR) is 81.8 cm³/mol. The molecule has 8 heteroatoms. The van der Waals surface area contributed by atoms with Crippen molar-refractivity contribution in [1.82, 2.24) is 5.32 Å². The number of ether oxygens (including phenoxy) is 1. The number of amides is 1. The van der Waals surface area contributed by atoms with E-state index in [0.717, 1.165) is 0 Å². The topological polar surface area (TPSA) is 72.5 Å². The zero-order valence-corrected chi connectivity index (χ0v) is 13.7. The molecule has 5 nitrogen and oxygen atoms in total. The molecule has 1 heterocycles. The van der Waals surface area contributed by atoms with E-state index in [2.05, 4.69) is 5.32 Å². The Balaban J connectivity index is 1.93. The third-order valence-corrected chi connectivity index (χ3v) is 5.92. The van der Waals surface area contributed by atoms with Gasteiger partial charge in [0.25, 0.3) is 5.91 Å². The maximum absolute atomic E-state index is 11.9. The second-order valence-electron chi connectivity index (χ2n) is 5.29. The molecule has 1 fully saturated rings. The molecule has 0 aromatic heterocycles. The van der Waals surface area contributed by atoms with E-state index >= 15 is 0 Å². The fourth-order valence-electron chi connectivity index (χ4n) is 2.22. The van der Waals surface area contributed by atoms with Crippen LogP contribution in [0.1, 0.15) is 13.3 Å². The van der Waals surface area contributed by atoms with Gasteiger partial charge in [-0.1, -0.05) is 29.3 Å². The molecule has 2 rings (SSSR count). The lowest BCUT2D eigenvalue weighted by Crippen LogP contribution is -2.48. The van der Waals surface area contributed by atoms with Crippen LogP contribution in [0.4, 0.5) is 0 Å². The zero-order chi connectivity index (χ0) is 15.7. The number of carbonyl (C=O) groups is 1. The lowest BCUT2D eigenvalue weighted by atomic mass is 10.0. The smallest absolute Gasteiger partial charge is 0.258 e. The highest BCUT2D eigenvalue weighted by Crippen LogP contribution is 2.31. The first-order chi connectivity index (χ1) is 9.71. The third kappa shape index (κ3) is 4.25. The summed E-state index contributed by atoms with van der Waals surface area (Å²) in [6.07, 6.45) is 0.402. The largest absolute Gasteiger partial charge is 0.482 e. The van der Waals surface area contributed by atoms with E-state index in [1.54, 1.807) is 25.1 Å². The van der Waals surface area contributed by atoms with Gasteiger partial charge in [-0.3, -0.25) is 4.79 Å². The van der Waals surface area contributed by atoms with E-state index in [4.69, 9.17) is 27.9 Å². The van der Waals surface area contributed by atoms with Crippen molar-refractivity contribution in [2.75, 3.05) is 18.1 Å². The molecule has 1 atom stereocenters. The van der Waals surface area contributed by atoms with Crippen molar-refractivity contribution in [2.24, 2.45) is 0 Å². The summed E-state index contributed by atoms with van der Waals surface area (Å²) in [5.74, 6) is -0.0526. The normalized spacial score (nSPS) is 23.8. The zero-order valence-electron chi connectivity index (χ0n) is 11.4. The molecule has 0 radical (unpaired) electrons. The standard InChI is InChI=1S/C13H15Cl2NO4S/c1-13(5-6-21(18,19)8-13)16-11(17)7-20-10-4-2-3-9(14)12(10)15/h2-4H,5-8H2,1H3,(H,16,17)/t13-/m0/s1. The van der Waals surface area contributed by atoms with Gasteiger partial charge in [-0.15, -0.1) is 0 Å². The minimum absolute atomic E-state index is 0.0519. The summed E-state index contributed by atoms with van der Waals surface area (Å²) in [4.78, 5) is 11.9. The van der Waals surface area contributed by atoms with Gasteiger partial charge in [-0.25, -0.2) is 8.42 Å². The van der Waals surface area contributed by atoms with E-state index in [-0.39, 0.29) is 23.1 Å². The van der Waals surface area contributed by atoms with Crippen molar-refractivity contribution >= 4 is 38.9 Å². The summed E-state index contributed by atoms with van der Waals surface area (Å²) in [5, 5.41) is 3.27. The first kappa shape index (κ1) is 16.4. The number of carbonyl (C=O) groups excluding carboxylic acids is 1. The van der Waals surface area contributed by atoms with Crippen molar-refractivity contribution in [3.05, 3.63) is 28.2 Å². The Morgan fingerprint density at radius 3 is 2.76 bits per heavy atom. The molecule has 0 aliphatic carbocycles. The Hall–Kier alpha value is -0.980. The second-order valence-corrected chi connectivity index (χ2v) is 8.26. The number of hydrogen-bond acceptors (Lipinski definition) is 4. The summed E-state index contributed by atoms with van der Waals surface area (Å²) in [6, 6.07) is 4.87. The molecule has 0 spiro atoms. The van der Waals surface area contributed by atoms with Crippen LogP contribution < -0.4 is 10.1 Å². The first-order valence-corrected chi connectivity index (χ1v) is 8.87. The lowest BCUT2D eigenvalue weighted by molar-refractivity contribution is -0.124. The molecule has 1 aromatic carbocycles. The van der Waals surface area contributed by atoms with Gasteiger partial charge in [0.2, 0.25) is 0 Å². The fraction of sp³-hybridized carbons (Fsp3) is 0.462. The molecule has 0 unspecified atom stereocenters. The van der Waals surface area contributed by atoms with Crippen LogP contribution in [0.15, 0.2) is 18.2 Å². The van der Waals surface area contributed by atoms with Crippen LogP contribution in [0.2, 0.25) is 10.0 Å². The average molecular weight is 352 g/mol. The van der Waals surface area contributed by atoms with Gasteiger partial charge in [0, 0.05) is 0 Å². The van der Waals surface area contributed by atoms with Gasteiger partial charge in [-0.2, -0.15) is 0 Å². The maximum atomic E-state index is 11.9. The summed E-state index contributed by atoms with van der Waals surface area (Å²) in [6.45, 7) is 1.46. The summed E-state index contributed by atoms with van der Waals surface area (Å²) in [7, 11) is -3.07. The SMILES string of the molecule is C[C@]1(NC(=O)COc2cccc(Cl)c2Cl)CCS(=O)(=O)C1. The third-order valence-electron chi connectivity index (χ3n) is 3.22. The second kappa shape index (κ2) is 6.02. The molecular formula is C13H15Cl2NO4S. The van der Waals surface area contributed by atoms with Crippen LogP contribution in [0.3, 0.4) is 0 Å². The lowest BCUT2D eigenvalue weighted by Gasteiger charge is -2.23. The highest BCUT2D eigenvalue weighted by Gasteiger charge is 2.39. The minimum atomic E-state index is -3.07. The maximum Gasteiger partial charge on any atom is 0.258 e. The quantitative estimate of drug-likeness (QED) is 0.900. The highest BCUT2D eigenvalue weighted by molar-refractivity contribution is 7.91. The monoisotopic (exact) mass is 351 g/mol. The van der Waals surface area contributed by atoms with E-state index in [1.165, 1.54) is 0 Å². The molecule has 1 saturated heterocycles. The van der Waals surface area contributed by atoms with Gasteiger partial charge in [-0.05, 0) is 25.5 Å². The number of hydrogen-bond donors (Lipinski definition) is 1. The van der Waals surface area contributed by atoms with Crippen LogP contribution in [-0.2, 0) is 14.6 Å². The van der Waals surface area contributed by atoms with Crippen LogP contribution in [-0.4, -0.2) is 38.0 Å². The van der Waals surface area contributed by atoms with Crippen molar-refractivity contribution in [2.45, 2.75) is 18.9 Å². The minimum Gasteiger partial charge on any atom is -0.482 e. The number of halogens is 2. The highest BCUT2D eigenvalue weighted by atomic mass is 35.5. The van der Waals surface area contributed by atoms with Crippen molar-refractivity contribution in [1.29, 1.82) is 0 Å². The van der Waals surface area contributed by atoms with E-state index in [0.29, 0.717) is 17.2 Å². The molecule has 1 aliphatic rings. The van der Waals surface area contributed by atoms with Gasteiger partial charge < -0.3 is 10.1 Å². The van der Waals surface area contributed by atoms with Crippen molar-refractivity contribution in [3.63, 3.8) is 0 Å². The molecular weight excluding hydrogens is 337 g/mol. The van der Waals surface area contributed by atoms with Gasteiger partial charge in [0.15, 0.2) is 16.4 Å². The molecule has 1 amide bonds. The summed E-state index contributed by atoms with van der Waals surface area (Å²) in [5.41, 5.74) is -0.739. The molecule has 116 valence electrons. The summed E-state index contributed by atoms with van der Waals surface area (Å²) < 4.78 is 28.3. The van der Waals surface area contributed by atoms with E-state index in [9.17, 15) is 13.2 Å². The molecule has 1 N–H and O–H groups in total. The molecule has 0 saturated carbocycles.